The molecule has 0 saturated carbocycles. The Morgan fingerprint density at radius 2 is 2.19 bits per heavy atom. The third-order valence-electron chi connectivity index (χ3n) is 2.35. The van der Waals surface area contributed by atoms with Gasteiger partial charge in [0.25, 0.3) is 0 Å². The molecule has 0 radical (unpaired) electrons. The number of nitrogens with zero attached hydrogens (tertiary/aromatic N) is 1. The number of hydrogen-bond donors (Lipinski definition) is 2. The number of carbonyl (C=O) groups is 1. The molecule has 0 unspecified atom stereocenters. The first-order valence-corrected chi connectivity index (χ1v) is 4.85. The van der Waals surface area contributed by atoms with Crippen LogP contribution in [0.4, 0.5) is 0 Å². The first kappa shape index (κ1) is 12.5. The molecule has 1 aromatic heterocycles. The Morgan fingerprint density at radius 1 is 1.50 bits per heavy atom. The van der Waals surface area contributed by atoms with Crippen LogP contribution in [-0.4, -0.2) is 20.9 Å². The summed E-state index contributed by atoms with van der Waals surface area (Å²) in [6.45, 7) is 3.58. The number of aryl methyl sites for hydroxylation is 1. The van der Waals surface area contributed by atoms with Crippen LogP contribution in [0.2, 0.25) is 0 Å². The van der Waals surface area contributed by atoms with Crippen molar-refractivity contribution in [2.45, 2.75) is 20.3 Å². The fourth-order valence-corrected chi connectivity index (χ4v) is 1.64. The molecule has 0 fully saturated rings. The van der Waals surface area contributed by atoms with Gasteiger partial charge >= 0.3 is 0 Å². The second-order valence-electron chi connectivity index (χ2n) is 3.45. The summed E-state index contributed by atoms with van der Waals surface area (Å²) in [4.78, 5) is 18.9. The van der Waals surface area contributed by atoms with E-state index in [4.69, 9.17) is 0 Å². The third-order valence-corrected chi connectivity index (χ3v) is 2.35. The number of aromatic hydroxyl groups is 1. The summed E-state index contributed by atoms with van der Waals surface area (Å²) < 4.78 is 0. The predicted molar refractivity (Wildman–Crippen MR) is 64.4 cm³/mol. The van der Waals surface area contributed by atoms with E-state index in [2.05, 4.69) is 9.97 Å². The van der Waals surface area contributed by atoms with Gasteiger partial charge in [-0.15, -0.1) is 12.4 Å². The van der Waals surface area contributed by atoms with E-state index in [1.807, 2.05) is 6.92 Å². The Hall–Kier alpha value is -1.55. The van der Waals surface area contributed by atoms with Crippen LogP contribution >= 0.6 is 12.4 Å². The van der Waals surface area contributed by atoms with Crippen LogP contribution < -0.4 is 0 Å². The van der Waals surface area contributed by atoms with E-state index in [9.17, 15) is 9.90 Å². The van der Waals surface area contributed by atoms with Gasteiger partial charge in [0.1, 0.15) is 17.1 Å². The molecule has 16 heavy (non-hydrogen) atoms. The smallest absolute Gasteiger partial charge is 0.168 e. The van der Waals surface area contributed by atoms with Gasteiger partial charge in [-0.3, -0.25) is 4.79 Å². The van der Waals surface area contributed by atoms with E-state index < -0.39 is 0 Å². The molecule has 0 spiro atoms. The quantitative estimate of drug-likeness (QED) is 0.793. The monoisotopic (exact) mass is 240 g/mol. The van der Waals surface area contributed by atoms with Crippen LogP contribution in [0.1, 0.15) is 29.5 Å². The Kier molecular flexibility index (Phi) is 3.55. The molecule has 2 rings (SSSR count). The maximum absolute atomic E-state index is 11.6. The normalized spacial score (nSPS) is 10.1. The topological polar surface area (TPSA) is 66.0 Å². The van der Waals surface area contributed by atoms with Gasteiger partial charge < -0.3 is 10.1 Å². The largest absolute Gasteiger partial charge is 0.507 e. The number of halogens is 1. The first-order chi connectivity index (χ1) is 7.13. The van der Waals surface area contributed by atoms with E-state index in [1.165, 1.54) is 6.07 Å². The fraction of sp³-hybridized carbons (Fsp3) is 0.273. The maximum atomic E-state index is 11.6. The highest BCUT2D eigenvalue weighted by Crippen LogP contribution is 2.26. The molecule has 1 aromatic carbocycles. The molecule has 2 aromatic rings. The van der Waals surface area contributed by atoms with Crippen LogP contribution in [0, 0.1) is 6.92 Å². The summed E-state index contributed by atoms with van der Waals surface area (Å²) >= 11 is 0. The van der Waals surface area contributed by atoms with E-state index in [-0.39, 0.29) is 23.9 Å². The second kappa shape index (κ2) is 4.53. The first-order valence-electron chi connectivity index (χ1n) is 4.85. The molecule has 0 aliphatic carbocycles. The van der Waals surface area contributed by atoms with E-state index >= 15 is 0 Å². The lowest BCUT2D eigenvalue weighted by atomic mass is 10.1. The van der Waals surface area contributed by atoms with Crippen molar-refractivity contribution < 1.29 is 9.90 Å². The van der Waals surface area contributed by atoms with Crippen LogP contribution in [0.5, 0.6) is 5.75 Å². The third kappa shape index (κ3) is 1.88. The lowest BCUT2D eigenvalue weighted by molar-refractivity contribution is 0.0987. The van der Waals surface area contributed by atoms with Crippen molar-refractivity contribution in [3.05, 3.63) is 23.5 Å². The number of hydrogen-bond acceptors (Lipinski definition) is 3. The van der Waals surface area contributed by atoms with Crippen molar-refractivity contribution in [3.8, 4) is 5.75 Å². The summed E-state index contributed by atoms with van der Waals surface area (Å²) in [5.41, 5.74) is 1.65. The number of aromatic amines is 1. The van der Waals surface area contributed by atoms with E-state index in [0.29, 0.717) is 17.5 Å². The van der Waals surface area contributed by atoms with Gasteiger partial charge in [-0.25, -0.2) is 4.98 Å². The highest BCUT2D eigenvalue weighted by Gasteiger charge is 2.15. The van der Waals surface area contributed by atoms with Gasteiger partial charge in [-0.2, -0.15) is 0 Å². The number of phenols is 1. The molecule has 0 aliphatic heterocycles. The van der Waals surface area contributed by atoms with Gasteiger partial charge in [-0.05, 0) is 19.1 Å². The Labute approximate surface area is 99.1 Å². The van der Waals surface area contributed by atoms with Crippen LogP contribution in [0.3, 0.4) is 0 Å². The van der Waals surface area contributed by atoms with E-state index in [1.54, 1.807) is 13.0 Å². The molecule has 4 nitrogen and oxygen atoms in total. The molecule has 2 N–H and O–H groups in total. The molecule has 0 saturated heterocycles. The minimum atomic E-state index is -0.0930. The Bertz CT molecular complexity index is 534. The molecule has 0 bridgehead atoms. The number of rotatable bonds is 2. The molecule has 0 aliphatic rings. The summed E-state index contributed by atoms with van der Waals surface area (Å²) in [6.07, 6.45) is 0.360. The van der Waals surface area contributed by atoms with Crippen molar-refractivity contribution in [2.24, 2.45) is 0 Å². The molecule has 5 heteroatoms. The molecule has 0 atom stereocenters. The Balaban J connectivity index is 0.00000128. The lowest BCUT2D eigenvalue weighted by Crippen LogP contribution is -1.98. The van der Waals surface area contributed by atoms with E-state index in [0.717, 1.165) is 11.3 Å². The van der Waals surface area contributed by atoms with Gasteiger partial charge in [0.05, 0.1) is 11.1 Å². The minimum absolute atomic E-state index is 0. The minimum Gasteiger partial charge on any atom is -0.507 e. The summed E-state index contributed by atoms with van der Waals surface area (Å²) in [7, 11) is 0. The number of carbonyl (C=O) groups excluding carboxylic acids is 1. The maximum Gasteiger partial charge on any atom is 0.168 e. The number of imidazole rings is 1. The predicted octanol–water partition coefficient (Wildman–Crippen LogP) is 2.59. The summed E-state index contributed by atoms with van der Waals surface area (Å²) in [5, 5.41) is 9.64. The van der Waals surface area contributed by atoms with Crippen LogP contribution in [0.25, 0.3) is 11.0 Å². The van der Waals surface area contributed by atoms with Gasteiger partial charge in [0.15, 0.2) is 5.78 Å². The second-order valence-corrected chi connectivity index (χ2v) is 3.45. The molecular formula is C11H13ClN2O2. The Morgan fingerprint density at radius 3 is 2.81 bits per heavy atom. The van der Waals surface area contributed by atoms with Gasteiger partial charge in [0, 0.05) is 6.42 Å². The SMILES string of the molecule is CCC(=O)c1c(O)ccc2[nH]c(C)nc12.Cl. The average molecular weight is 241 g/mol. The standard InChI is InChI=1S/C11H12N2O2.ClH/c1-3-8(14)10-9(15)5-4-7-11(10)13-6(2)12-7;/h4-5,15H,3H2,1-2H3,(H,12,13);1H. The lowest BCUT2D eigenvalue weighted by Gasteiger charge is -2.02. The number of ketones is 1. The average Bonchev–Trinajstić information content (AvgIpc) is 2.57. The van der Waals surface area contributed by atoms with Crippen molar-refractivity contribution in [2.75, 3.05) is 0 Å². The molecule has 1 heterocycles. The number of fused-ring (bicyclic) bond motifs is 1. The number of benzene rings is 1. The molecule has 0 amide bonds. The van der Waals surface area contributed by atoms with Crippen molar-refractivity contribution in [1.29, 1.82) is 0 Å². The van der Waals surface area contributed by atoms with Crippen molar-refractivity contribution >= 4 is 29.2 Å². The highest BCUT2D eigenvalue weighted by atomic mass is 35.5. The van der Waals surface area contributed by atoms with Crippen molar-refractivity contribution in [3.63, 3.8) is 0 Å². The highest BCUT2D eigenvalue weighted by molar-refractivity contribution is 6.08. The zero-order valence-electron chi connectivity index (χ0n) is 9.07. The number of phenolic OH excluding ortho intramolecular Hbond substituents is 1. The van der Waals surface area contributed by atoms with Crippen LogP contribution in [0.15, 0.2) is 12.1 Å². The number of Topliss-reactive ketones (excluding diaryl/α,β-unsaturated/α-hetero) is 1. The summed E-state index contributed by atoms with van der Waals surface area (Å²) in [6, 6.07) is 3.24. The van der Waals surface area contributed by atoms with Gasteiger partial charge in [0.2, 0.25) is 0 Å². The van der Waals surface area contributed by atoms with Crippen LogP contribution in [-0.2, 0) is 0 Å². The molecular weight excluding hydrogens is 228 g/mol. The zero-order chi connectivity index (χ0) is 11.0. The fourth-order valence-electron chi connectivity index (χ4n) is 1.64. The van der Waals surface area contributed by atoms with Gasteiger partial charge in [-0.1, -0.05) is 6.92 Å². The summed E-state index contributed by atoms with van der Waals surface area (Å²) in [5.74, 6) is 0.645. The van der Waals surface area contributed by atoms with Crippen molar-refractivity contribution in [1.82, 2.24) is 9.97 Å². The number of nitrogens with one attached hydrogen (secondary N) is 1. The zero-order valence-corrected chi connectivity index (χ0v) is 9.89. The molecule has 86 valence electrons. The number of aromatic nitrogens is 2. The number of H-pyrrole nitrogens is 1.